The van der Waals surface area contributed by atoms with Gasteiger partial charge in [-0.05, 0) is 36.5 Å². The van der Waals surface area contributed by atoms with E-state index in [0.29, 0.717) is 17.4 Å². The van der Waals surface area contributed by atoms with E-state index in [0.717, 1.165) is 18.5 Å². The Hall–Kier alpha value is -2.43. The van der Waals surface area contributed by atoms with Gasteiger partial charge in [0.25, 0.3) is 5.91 Å². The van der Waals surface area contributed by atoms with E-state index >= 15 is 0 Å². The van der Waals surface area contributed by atoms with Gasteiger partial charge in [-0.2, -0.15) is 0 Å². The number of nitrogens with zero attached hydrogens (tertiary/aromatic N) is 2. The fourth-order valence-electron chi connectivity index (χ4n) is 3.29. The van der Waals surface area contributed by atoms with E-state index in [-0.39, 0.29) is 11.9 Å². The second-order valence-corrected chi connectivity index (χ2v) is 7.35. The first-order valence-electron chi connectivity index (χ1n) is 9.62. The summed E-state index contributed by atoms with van der Waals surface area (Å²) in [5, 5.41) is 6.32. The lowest BCUT2D eigenvalue weighted by Gasteiger charge is -2.15. The van der Waals surface area contributed by atoms with Crippen molar-refractivity contribution in [3.05, 3.63) is 47.9 Å². The standard InChI is InChI=1S/C21H28N4O/c1-15(2)16-9-11-18(12-10-16)24-20-14-22-19(13-23-20)21(26)25-17-7-5-3-4-6-8-17/h9-15,17H,3-8H2,1-2H3,(H,23,24)(H,25,26). The van der Waals surface area contributed by atoms with Gasteiger partial charge in [0.1, 0.15) is 11.5 Å². The van der Waals surface area contributed by atoms with Gasteiger partial charge in [-0.1, -0.05) is 51.7 Å². The van der Waals surface area contributed by atoms with Crippen molar-refractivity contribution >= 4 is 17.4 Å². The number of nitrogens with one attached hydrogen (secondary N) is 2. The van der Waals surface area contributed by atoms with E-state index in [4.69, 9.17) is 0 Å². The summed E-state index contributed by atoms with van der Waals surface area (Å²) >= 11 is 0. The molecule has 0 radical (unpaired) electrons. The molecule has 1 aromatic carbocycles. The minimum atomic E-state index is -0.128. The number of aromatic nitrogens is 2. The van der Waals surface area contributed by atoms with Crippen LogP contribution in [0.2, 0.25) is 0 Å². The lowest BCUT2D eigenvalue weighted by molar-refractivity contribution is 0.0928. The van der Waals surface area contributed by atoms with Gasteiger partial charge < -0.3 is 10.6 Å². The van der Waals surface area contributed by atoms with Gasteiger partial charge in [0.05, 0.1) is 12.4 Å². The predicted molar refractivity (Wildman–Crippen MR) is 105 cm³/mol. The summed E-state index contributed by atoms with van der Waals surface area (Å²) in [6, 6.07) is 8.54. The number of amides is 1. The van der Waals surface area contributed by atoms with Gasteiger partial charge in [0.15, 0.2) is 0 Å². The number of carbonyl (C=O) groups is 1. The predicted octanol–water partition coefficient (Wildman–Crippen LogP) is 4.80. The summed E-state index contributed by atoms with van der Waals surface area (Å²) < 4.78 is 0. The van der Waals surface area contributed by atoms with Crippen LogP contribution in [0.3, 0.4) is 0 Å². The Morgan fingerprint density at radius 3 is 2.27 bits per heavy atom. The minimum absolute atomic E-state index is 0.128. The topological polar surface area (TPSA) is 66.9 Å². The second kappa shape index (κ2) is 8.79. The van der Waals surface area contributed by atoms with Gasteiger partial charge in [0, 0.05) is 11.7 Å². The molecule has 0 aliphatic heterocycles. The maximum absolute atomic E-state index is 12.4. The third kappa shape index (κ3) is 5.04. The molecular formula is C21H28N4O. The molecule has 0 unspecified atom stereocenters. The number of rotatable bonds is 5. The third-order valence-electron chi connectivity index (χ3n) is 4.92. The zero-order valence-electron chi connectivity index (χ0n) is 15.7. The van der Waals surface area contributed by atoms with E-state index in [1.54, 1.807) is 6.20 Å². The maximum atomic E-state index is 12.4. The number of carbonyl (C=O) groups excluding carboxylic acids is 1. The third-order valence-corrected chi connectivity index (χ3v) is 4.92. The van der Waals surface area contributed by atoms with Crippen LogP contribution in [-0.2, 0) is 0 Å². The fourth-order valence-corrected chi connectivity index (χ4v) is 3.29. The van der Waals surface area contributed by atoms with Gasteiger partial charge in [-0.3, -0.25) is 4.79 Å². The SMILES string of the molecule is CC(C)c1ccc(Nc2cnc(C(=O)NC3CCCCCC3)cn2)cc1. The fraction of sp³-hybridized carbons (Fsp3) is 0.476. The largest absolute Gasteiger partial charge is 0.348 e. The maximum Gasteiger partial charge on any atom is 0.271 e. The van der Waals surface area contributed by atoms with Crippen molar-refractivity contribution in [1.29, 1.82) is 0 Å². The van der Waals surface area contributed by atoms with Gasteiger partial charge in [0.2, 0.25) is 0 Å². The number of anilines is 2. The molecule has 0 bridgehead atoms. The van der Waals surface area contributed by atoms with E-state index < -0.39 is 0 Å². The Balaban J connectivity index is 1.58. The Bertz CT molecular complexity index is 702. The highest BCUT2D eigenvalue weighted by Gasteiger charge is 2.16. The molecule has 2 N–H and O–H groups in total. The summed E-state index contributed by atoms with van der Waals surface area (Å²) in [5.41, 5.74) is 2.63. The smallest absolute Gasteiger partial charge is 0.271 e. The van der Waals surface area contributed by atoms with E-state index in [1.807, 2.05) is 12.1 Å². The Morgan fingerprint density at radius 2 is 1.69 bits per heavy atom. The van der Waals surface area contributed by atoms with E-state index in [1.165, 1.54) is 37.4 Å². The molecule has 1 aliphatic rings. The van der Waals surface area contributed by atoms with Gasteiger partial charge in [-0.15, -0.1) is 0 Å². The Kier molecular flexibility index (Phi) is 6.21. The number of benzene rings is 1. The summed E-state index contributed by atoms with van der Waals surface area (Å²) in [5.74, 6) is 1.01. The second-order valence-electron chi connectivity index (χ2n) is 7.35. The summed E-state index contributed by atoms with van der Waals surface area (Å²) in [6.07, 6.45) is 10.2. The summed E-state index contributed by atoms with van der Waals surface area (Å²) in [6.45, 7) is 4.35. The lowest BCUT2D eigenvalue weighted by Crippen LogP contribution is -2.34. The number of hydrogen-bond acceptors (Lipinski definition) is 4. The minimum Gasteiger partial charge on any atom is -0.348 e. The van der Waals surface area contributed by atoms with Crippen LogP contribution in [0.15, 0.2) is 36.7 Å². The molecule has 0 spiro atoms. The zero-order chi connectivity index (χ0) is 18.4. The van der Waals surface area contributed by atoms with E-state index in [9.17, 15) is 4.79 Å². The first-order chi connectivity index (χ1) is 12.6. The van der Waals surface area contributed by atoms with Gasteiger partial charge >= 0.3 is 0 Å². The average Bonchev–Trinajstić information content (AvgIpc) is 2.91. The van der Waals surface area contributed by atoms with Crippen molar-refractivity contribution < 1.29 is 4.79 Å². The molecule has 1 fully saturated rings. The summed E-state index contributed by atoms with van der Waals surface area (Å²) in [7, 11) is 0. The molecular weight excluding hydrogens is 324 g/mol. The highest BCUT2D eigenvalue weighted by Crippen LogP contribution is 2.20. The van der Waals surface area contributed by atoms with Crippen LogP contribution in [0.4, 0.5) is 11.5 Å². The molecule has 3 rings (SSSR count). The van der Waals surface area contributed by atoms with Crippen LogP contribution in [0.5, 0.6) is 0 Å². The van der Waals surface area contributed by atoms with Crippen molar-refractivity contribution in [1.82, 2.24) is 15.3 Å². The van der Waals surface area contributed by atoms with Crippen molar-refractivity contribution in [3.63, 3.8) is 0 Å². The normalized spacial score (nSPS) is 15.5. The van der Waals surface area contributed by atoms with Crippen LogP contribution in [0.1, 0.15) is 74.3 Å². The van der Waals surface area contributed by atoms with E-state index in [2.05, 4.69) is 46.6 Å². The Morgan fingerprint density at radius 1 is 1.00 bits per heavy atom. The molecule has 0 atom stereocenters. The van der Waals surface area contributed by atoms with Crippen molar-refractivity contribution in [2.75, 3.05) is 5.32 Å². The van der Waals surface area contributed by atoms with Crippen LogP contribution >= 0.6 is 0 Å². The van der Waals surface area contributed by atoms with Gasteiger partial charge in [-0.25, -0.2) is 9.97 Å². The van der Waals surface area contributed by atoms with Crippen LogP contribution < -0.4 is 10.6 Å². The molecule has 2 aromatic rings. The molecule has 1 aliphatic carbocycles. The zero-order valence-corrected chi connectivity index (χ0v) is 15.7. The molecule has 5 heteroatoms. The molecule has 1 amide bonds. The molecule has 1 aromatic heterocycles. The van der Waals surface area contributed by atoms with Crippen LogP contribution in [-0.4, -0.2) is 21.9 Å². The first kappa shape index (κ1) is 18.4. The lowest BCUT2D eigenvalue weighted by atomic mass is 10.0. The average molecular weight is 352 g/mol. The van der Waals surface area contributed by atoms with Crippen molar-refractivity contribution in [3.8, 4) is 0 Å². The highest BCUT2D eigenvalue weighted by atomic mass is 16.1. The molecule has 138 valence electrons. The first-order valence-corrected chi connectivity index (χ1v) is 9.62. The quantitative estimate of drug-likeness (QED) is 0.759. The summed E-state index contributed by atoms with van der Waals surface area (Å²) in [4.78, 5) is 21.0. The molecule has 26 heavy (non-hydrogen) atoms. The highest BCUT2D eigenvalue weighted by molar-refractivity contribution is 5.92. The molecule has 1 saturated carbocycles. The molecule has 5 nitrogen and oxygen atoms in total. The Labute approximate surface area is 155 Å². The monoisotopic (exact) mass is 352 g/mol. The molecule has 1 heterocycles. The van der Waals surface area contributed by atoms with Crippen LogP contribution in [0.25, 0.3) is 0 Å². The van der Waals surface area contributed by atoms with Crippen molar-refractivity contribution in [2.45, 2.75) is 64.3 Å². The number of hydrogen-bond donors (Lipinski definition) is 2. The van der Waals surface area contributed by atoms with Crippen LogP contribution in [0, 0.1) is 0 Å². The molecule has 0 saturated heterocycles. The van der Waals surface area contributed by atoms with Crippen molar-refractivity contribution in [2.24, 2.45) is 0 Å².